The average Bonchev–Trinajstić information content (AvgIpc) is 2.55. The quantitative estimate of drug-likeness (QED) is 0.505. The molecule has 1 heterocycles. The first-order valence-corrected chi connectivity index (χ1v) is 3.02. The first-order chi connectivity index (χ1) is 4.33. The molecule has 1 aliphatic heterocycles. The molecule has 0 aromatic heterocycles. The van der Waals surface area contributed by atoms with E-state index in [0.29, 0.717) is 12.2 Å². The van der Waals surface area contributed by atoms with Gasteiger partial charge in [-0.05, 0) is 0 Å². The minimum atomic E-state index is -0.523. The third-order valence-corrected chi connectivity index (χ3v) is 1.86. The van der Waals surface area contributed by atoms with E-state index in [1.165, 1.54) is 0 Å². The Morgan fingerprint density at radius 1 is 1.67 bits per heavy atom. The van der Waals surface area contributed by atoms with Crippen molar-refractivity contribution in [3.8, 4) is 0 Å². The van der Waals surface area contributed by atoms with Crippen LogP contribution in [0.15, 0.2) is 11.5 Å². The monoisotopic (exact) mass is 128 g/mol. The zero-order chi connectivity index (χ0) is 6.43. The van der Waals surface area contributed by atoms with E-state index in [9.17, 15) is 0 Å². The van der Waals surface area contributed by atoms with Crippen LogP contribution >= 0.6 is 0 Å². The van der Waals surface area contributed by atoms with Crippen molar-refractivity contribution in [2.24, 2.45) is 5.92 Å². The summed E-state index contributed by atoms with van der Waals surface area (Å²) in [5.41, 5.74) is 0. The summed E-state index contributed by atoms with van der Waals surface area (Å²) in [7, 11) is 0. The summed E-state index contributed by atoms with van der Waals surface area (Å²) in [6.45, 7) is 0.0531. The van der Waals surface area contributed by atoms with Gasteiger partial charge in [0.1, 0.15) is 11.9 Å². The first kappa shape index (κ1) is 5.26. The van der Waals surface area contributed by atoms with Gasteiger partial charge in [0.15, 0.2) is 5.76 Å². The predicted molar refractivity (Wildman–Crippen MR) is 29.3 cm³/mol. The van der Waals surface area contributed by atoms with Crippen molar-refractivity contribution in [3.05, 3.63) is 11.5 Å². The van der Waals surface area contributed by atoms with Gasteiger partial charge in [-0.15, -0.1) is 0 Å². The highest BCUT2D eigenvalue weighted by Crippen LogP contribution is 2.44. The molecule has 2 atom stereocenters. The van der Waals surface area contributed by atoms with Crippen molar-refractivity contribution in [2.45, 2.75) is 12.5 Å². The number of allylic oxidation sites excluding steroid dienone is 1. The zero-order valence-corrected chi connectivity index (χ0v) is 4.87. The van der Waals surface area contributed by atoms with Crippen molar-refractivity contribution < 1.29 is 14.9 Å². The highest BCUT2D eigenvalue weighted by molar-refractivity contribution is 5.29. The van der Waals surface area contributed by atoms with E-state index < -0.39 is 6.10 Å². The fraction of sp³-hybridized carbons (Fsp3) is 0.667. The first-order valence-electron chi connectivity index (χ1n) is 3.02. The van der Waals surface area contributed by atoms with Gasteiger partial charge in [0.25, 0.3) is 0 Å². The van der Waals surface area contributed by atoms with Gasteiger partial charge < -0.3 is 14.9 Å². The largest absolute Gasteiger partial charge is 0.456 e. The molecule has 0 saturated heterocycles. The molecule has 0 saturated carbocycles. The maximum absolute atomic E-state index is 9.16. The third-order valence-electron chi connectivity index (χ3n) is 1.86. The summed E-state index contributed by atoms with van der Waals surface area (Å²) in [6.07, 6.45) is 0.192. The summed E-state index contributed by atoms with van der Waals surface area (Å²) >= 11 is 0. The smallest absolute Gasteiger partial charge is 0.171 e. The van der Waals surface area contributed by atoms with Gasteiger partial charge >= 0.3 is 0 Å². The number of aliphatic hydroxyl groups excluding tert-OH is 2. The minimum absolute atomic E-state index is 0.00347. The Bertz CT molecular complexity index is 173. The molecule has 50 valence electrons. The molecule has 0 spiro atoms. The zero-order valence-electron chi connectivity index (χ0n) is 4.87. The number of rotatable bonds is 1. The Balaban J connectivity index is 2.06. The summed E-state index contributed by atoms with van der Waals surface area (Å²) in [4.78, 5) is 0. The molecule has 0 radical (unpaired) electrons. The average molecular weight is 128 g/mol. The number of hydrogen-bond donors (Lipinski definition) is 2. The Morgan fingerprint density at radius 2 is 2.44 bits per heavy atom. The lowest BCUT2D eigenvalue weighted by atomic mass is 10.1. The highest BCUT2D eigenvalue weighted by atomic mass is 16.6. The number of ether oxygens (including phenoxy) is 1. The Hall–Kier alpha value is -0.540. The second-order valence-corrected chi connectivity index (χ2v) is 2.48. The van der Waals surface area contributed by atoms with Crippen LogP contribution in [0.5, 0.6) is 0 Å². The van der Waals surface area contributed by atoms with Gasteiger partial charge in [0, 0.05) is 18.9 Å². The fourth-order valence-corrected chi connectivity index (χ4v) is 1.20. The predicted octanol–water partition coefficient (Wildman–Crippen LogP) is -0.399. The van der Waals surface area contributed by atoms with Gasteiger partial charge in [0.2, 0.25) is 0 Å². The SMILES string of the molecule is OC[C@@H]1CC2=C(O2)[C@@H]1O. The van der Waals surface area contributed by atoms with Gasteiger partial charge in [-0.25, -0.2) is 0 Å². The van der Waals surface area contributed by atoms with Crippen LogP contribution in [0.2, 0.25) is 0 Å². The van der Waals surface area contributed by atoms with Crippen molar-refractivity contribution >= 4 is 0 Å². The molecular weight excluding hydrogens is 120 g/mol. The van der Waals surface area contributed by atoms with E-state index in [4.69, 9.17) is 14.9 Å². The molecule has 0 amide bonds. The lowest BCUT2D eigenvalue weighted by Gasteiger charge is -2.13. The molecule has 2 rings (SSSR count). The van der Waals surface area contributed by atoms with Crippen LogP contribution in [0.25, 0.3) is 0 Å². The minimum Gasteiger partial charge on any atom is -0.456 e. The fourth-order valence-electron chi connectivity index (χ4n) is 1.20. The van der Waals surface area contributed by atoms with Crippen LogP contribution < -0.4 is 0 Å². The number of hydrogen-bond acceptors (Lipinski definition) is 3. The second kappa shape index (κ2) is 1.49. The molecule has 0 fully saturated rings. The van der Waals surface area contributed by atoms with Crippen molar-refractivity contribution in [2.75, 3.05) is 6.61 Å². The molecule has 0 aromatic rings. The van der Waals surface area contributed by atoms with Crippen LogP contribution in [0.1, 0.15) is 6.42 Å². The molecule has 0 bridgehead atoms. The maximum Gasteiger partial charge on any atom is 0.171 e. The topological polar surface area (TPSA) is 53.0 Å². The molecule has 1 aliphatic carbocycles. The second-order valence-electron chi connectivity index (χ2n) is 2.48. The van der Waals surface area contributed by atoms with E-state index >= 15 is 0 Å². The van der Waals surface area contributed by atoms with Crippen LogP contribution in [0.4, 0.5) is 0 Å². The molecule has 2 aliphatic rings. The van der Waals surface area contributed by atoms with E-state index in [-0.39, 0.29) is 12.5 Å². The van der Waals surface area contributed by atoms with Gasteiger partial charge in [-0.3, -0.25) is 0 Å². The van der Waals surface area contributed by atoms with E-state index in [1.807, 2.05) is 0 Å². The third kappa shape index (κ3) is 0.587. The highest BCUT2D eigenvalue weighted by Gasteiger charge is 2.45. The van der Waals surface area contributed by atoms with Crippen LogP contribution in [0, 0.1) is 5.92 Å². The molecule has 3 heteroatoms. The van der Waals surface area contributed by atoms with E-state index in [2.05, 4.69) is 0 Å². The molecule has 0 unspecified atom stereocenters. The van der Waals surface area contributed by atoms with Crippen LogP contribution in [-0.4, -0.2) is 22.9 Å². The molecule has 9 heavy (non-hydrogen) atoms. The molecule has 0 aromatic carbocycles. The lowest BCUT2D eigenvalue weighted by Crippen LogP contribution is -2.21. The normalized spacial score (nSPS) is 38.4. The number of aliphatic hydroxyl groups is 2. The summed E-state index contributed by atoms with van der Waals surface area (Å²) in [6, 6.07) is 0. The molecular formula is C6H8O3. The molecule has 3 nitrogen and oxygen atoms in total. The van der Waals surface area contributed by atoms with Crippen molar-refractivity contribution in [1.29, 1.82) is 0 Å². The summed E-state index contributed by atoms with van der Waals surface area (Å²) in [5.74, 6) is 1.60. The van der Waals surface area contributed by atoms with Crippen molar-refractivity contribution in [1.82, 2.24) is 0 Å². The Kier molecular flexibility index (Phi) is 0.870. The molecule has 2 N–H and O–H groups in total. The lowest BCUT2D eigenvalue weighted by molar-refractivity contribution is 0.0701. The maximum atomic E-state index is 9.16. The van der Waals surface area contributed by atoms with Crippen molar-refractivity contribution in [3.63, 3.8) is 0 Å². The Morgan fingerprint density at radius 3 is 2.78 bits per heavy atom. The van der Waals surface area contributed by atoms with Crippen LogP contribution in [-0.2, 0) is 4.74 Å². The summed E-state index contributed by atoms with van der Waals surface area (Å²) < 4.78 is 4.87. The van der Waals surface area contributed by atoms with E-state index in [1.54, 1.807) is 0 Å². The summed E-state index contributed by atoms with van der Waals surface area (Å²) in [5, 5.41) is 17.8. The van der Waals surface area contributed by atoms with Gasteiger partial charge in [-0.2, -0.15) is 0 Å². The Labute approximate surface area is 52.6 Å². The van der Waals surface area contributed by atoms with Gasteiger partial charge in [0.05, 0.1) is 0 Å². The standard InChI is InChI=1S/C6H8O3/c7-2-3-1-4-6(9-4)5(3)8/h3,5,7-8H,1-2H2/t3-,5+/m0/s1. The van der Waals surface area contributed by atoms with E-state index in [0.717, 1.165) is 5.76 Å². The van der Waals surface area contributed by atoms with Crippen LogP contribution in [0.3, 0.4) is 0 Å². The van der Waals surface area contributed by atoms with Gasteiger partial charge in [-0.1, -0.05) is 0 Å².